The molecule has 0 atom stereocenters. The minimum Gasteiger partial charge on any atom is -0.496 e. The van der Waals surface area contributed by atoms with Crippen LogP contribution in [0.25, 0.3) is 11.1 Å². The van der Waals surface area contributed by atoms with Gasteiger partial charge < -0.3 is 38.8 Å². The number of rotatable bonds is 5. The van der Waals surface area contributed by atoms with E-state index in [0.29, 0.717) is 54.5 Å². The summed E-state index contributed by atoms with van der Waals surface area (Å²) >= 11 is 6.77. The standard InChI is InChI=1S/C46H62ClN7O10/c1-43(2,3)61-39(56)49-37(50-40(57)62-44(4,5)6)53-22-18-28(19-23-53)32-16-14-30(26-34(32)47)36(55)48-31-15-17-33(35(27-31)60-13)29-20-24-54(25-21-29)38(51-41(58)63-45(7,8)9)52-42(59)64-46(10,11)12/h14-18,20,26-27H,19,21-25H2,1-13H3,(H,48,55)(H,49,50,56,57)(H,51,52,58,59). The van der Waals surface area contributed by atoms with E-state index in [-0.39, 0.29) is 24.4 Å². The number of carbonyl (C=O) groups is 5. The number of carbonyl (C=O) groups excluding carboxylic acids is 5. The van der Waals surface area contributed by atoms with Crippen LogP contribution < -0.4 is 20.7 Å². The molecule has 18 heteroatoms. The largest absolute Gasteiger partial charge is 0.496 e. The third kappa shape index (κ3) is 16.2. The highest BCUT2D eigenvalue weighted by Crippen LogP contribution is 2.34. The molecule has 64 heavy (non-hydrogen) atoms. The fraction of sp³-hybridized carbons (Fsp3) is 0.500. The highest BCUT2D eigenvalue weighted by atomic mass is 35.5. The molecule has 17 nitrogen and oxygen atoms in total. The number of guanidine groups is 2. The summed E-state index contributed by atoms with van der Waals surface area (Å²) in [6.45, 7) is 22.1. The van der Waals surface area contributed by atoms with Crippen molar-refractivity contribution in [2.75, 3.05) is 38.6 Å². The molecule has 2 heterocycles. The fourth-order valence-electron chi connectivity index (χ4n) is 6.25. The monoisotopic (exact) mass is 907 g/mol. The molecule has 2 aliphatic rings. The van der Waals surface area contributed by atoms with Crippen LogP contribution in [0.5, 0.6) is 5.75 Å². The van der Waals surface area contributed by atoms with Crippen molar-refractivity contribution < 1.29 is 47.7 Å². The first-order valence-corrected chi connectivity index (χ1v) is 21.3. The number of nitrogens with zero attached hydrogens (tertiary/aromatic N) is 4. The highest BCUT2D eigenvalue weighted by molar-refractivity contribution is 6.33. The first-order chi connectivity index (χ1) is 29.6. The van der Waals surface area contributed by atoms with Crippen LogP contribution in [0.15, 0.2) is 58.5 Å². The number of halogens is 1. The summed E-state index contributed by atoms with van der Waals surface area (Å²) < 4.78 is 27.3. The zero-order valence-corrected chi connectivity index (χ0v) is 39.9. The van der Waals surface area contributed by atoms with E-state index in [9.17, 15) is 24.0 Å². The third-order valence-electron chi connectivity index (χ3n) is 8.81. The van der Waals surface area contributed by atoms with Gasteiger partial charge in [-0.15, -0.1) is 9.98 Å². The first kappa shape index (κ1) is 50.5. The number of benzene rings is 2. The van der Waals surface area contributed by atoms with Crippen LogP contribution in [0.3, 0.4) is 0 Å². The average Bonchev–Trinajstić information content (AvgIpc) is 3.14. The van der Waals surface area contributed by atoms with E-state index in [1.54, 1.807) is 130 Å². The van der Waals surface area contributed by atoms with E-state index < -0.39 is 46.8 Å². The Hall–Kier alpha value is -6.10. The second-order valence-corrected chi connectivity index (χ2v) is 19.4. The van der Waals surface area contributed by atoms with E-state index in [2.05, 4.69) is 25.9 Å². The van der Waals surface area contributed by atoms with Crippen LogP contribution in [-0.2, 0) is 18.9 Å². The van der Waals surface area contributed by atoms with Crippen LogP contribution in [0.1, 0.15) is 117 Å². The minimum absolute atomic E-state index is 0.00414. The Labute approximate surface area is 380 Å². The van der Waals surface area contributed by atoms with Crippen molar-refractivity contribution in [1.82, 2.24) is 20.4 Å². The number of anilines is 1. The SMILES string of the molecule is COc1cc(NC(=O)c2ccc(C3=CCN(C(=NC(=O)OC(C)(C)C)NC(=O)OC(C)(C)C)CC3)c(Cl)c2)ccc1C1=CCN(C(=NC(=O)OC(C)(C)C)NC(=O)OC(C)(C)C)CC1. The second kappa shape index (κ2) is 20.6. The lowest BCUT2D eigenvalue weighted by molar-refractivity contribution is 0.0536. The highest BCUT2D eigenvalue weighted by Gasteiger charge is 2.28. The van der Waals surface area contributed by atoms with Gasteiger partial charge in [0.2, 0.25) is 11.9 Å². The minimum atomic E-state index is -0.857. The molecule has 0 aliphatic carbocycles. The van der Waals surface area contributed by atoms with E-state index in [1.165, 1.54) is 0 Å². The first-order valence-electron chi connectivity index (χ1n) is 20.9. The van der Waals surface area contributed by atoms with Gasteiger partial charge in [-0.3, -0.25) is 15.4 Å². The number of methoxy groups -OCH3 is 1. The molecule has 2 aromatic carbocycles. The summed E-state index contributed by atoms with van der Waals surface area (Å²) in [5.41, 5.74) is 1.12. The summed E-state index contributed by atoms with van der Waals surface area (Å²) in [7, 11) is 1.54. The molecular weight excluding hydrogens is 846 g/mol. The Kier molecular flexibility index (Phi) is 16.3. The van der Waals surface area contributed by atoms with Gasteiger partial charge in [0.25, 0.3) is 5.91 Å². The molecule has 0 unspecified atom stereocenters. The molecule has 0 aromatic heterocycles. The Morgan fingerprint density at radius 2 is 1.05 bits per heavy atom. The Morgan fingerprint density at radius 3 is 1.44 bits per heavy atom. The van der Waals surface area contributed by atoms with Gasteiger partial charge in [-0.25, -0.2) is 19.2 Å². The molecule has 0 bridgehead atoms. The Balaban J connectivity index is 1.45. The van der Waals surface area contributed by atoms with Crippen molar-refractivity contribution in [3.8, 4) is 5.75 Å². The van der Waals surface area contributed by atoms with E-state index in [0.717, 1.165) is 22.3 Å². The summed E-state index contributed by atoms with van der Waals surface area (Å²) in [5.74, 6) is 0.142. The van der Waals surface area contributed by atoms with Crippen molar-refractivity contribution in [2.24, 2.45) is 9.98 Å². The molecule has 0 radical (unpaired) electrons. The smallest absolute Gasteiger partial charge is 0.437 e. The molecule has 4 rings (SSSR count). The van der Waals surface area contributed by atoms with Gasteiger partial charge in [0.05, 0.1) is 7.11 Å². The zero-order valence-electron chi connectivity index (χ0n) is 39.1. The molecule has 2 aromatic rings. The maximum Gasteiger partial charge on any atom is 0.437 e. The number of alkyl carbamates (subject to hydrolysis) is 2. The maximum atomic E-state index is 13.5. The van der Waals surface area contributed by atoms with Crippen molar-refractivity contribution >= 4 is 70.6 Å². The lowest BCUT2D eigenvalue weighted by atomic mass is 9.97. The van der Waals surface area contributed by atoms with Crippen LogP contribution in [0, 0.1) is 0 Å². The average molecular weight is 908 g/mol. The zero-order chi connectivity index (χ0) is 47.8. The van der Waals surface area contributed by atoms with Gasteiger partial charge >= 0.3 is 24.4 Å². The normalized spacial score (nSPS) is 15.3. The topological polar surface area (TPSA) is 199 Å². The predicted molar refractivity (Wildman–Crippen MR) is 247 cm³/mol. The molecule has 0 saturated heterocycles. The molecule has 0 spiro atoms. The number of aliphatic imine (C=N–C) groups is 2. The number of hydrogen-bond acceptors (Lipinski definition) is 10. The molecule has 0 fully saturated rings. The van der Waals surface area contributed by atoms with E-state index >= 15 is 0 Å². The lowest BCUT2D eigenvalue weighted by Gasteiger charge is -2.30. The summed E-state index contributed by atoms with van der Waals surface area (Å²) in [6, 6.07) is 10.4. The number of nitrogens with one attached hydrogen (secondary N) is 3. The quantitative estimate of drug-likeness (QED) is 0.146. The van der Waals surface area contributed by atoms with Gasteiger partial charge in [0.15, 0.2) is 0 Å². The van der Waals surface area contributed by atoms with Crippen molar-refractivity contribution in [3.63, 3.8) is 0 Å². The maximum absolute atomic E-state index is 13.5. The summed E-state index contributed by atoms with van der Waals surface area (Å²) in [5, 5.41) is 8.48. The van der Waals surface area contributed by atoms with Crippen LogP contribution >= 0.6 is 11.6 Å². The van der Waals surface area contributed by atoms with Gasteiger partial charge in [-0.1, -0.05) is 29.8 Å². The van der Waals surface area contributed by atoms with Crippen molar-refractivity contribution in [2.45, 2.75) is 118 Å². The molecule has 348 valence electrons. The van der Waals surface area contributed by atoms with E-state index in [1.807, 2.05) is 18.2 Å². The second-order valence-electron chi connectivity index (χ2n) is 19.0. The van der Waals surface area contributed by atoms with Crippen LogP contribution in [0.4, 0.5) is 24.9 Å². The van der Waals surface area contributed by atoms with Gasteiger partial charge in [0, 0.05) is 54.1 Å². The summed E-state index contributed by atoms with van der Waals surface area (Å²) in [4.78, 5) is 75.7. The predicted octanol–water partition coefficient (Wildman–Crippen LogP) is 9.41. The van der Waals surface area contributed by atoms with Crippen LogP contribution in [-0.4, -0.2) is 108 Å². The van der Waals surface area contributed by atoms with Crippen LogP contribution in [0.2, 0.25) is 5.02 Å². The molecule has 0 saturated carbocycles. The molecule has 5 amide bonds. The Bertz CT molecular complexity index is 2220. The third-order valence-corrected chi connectivity index (χ3v) is 9.12. The molecular formula is C46H62ClN7O10. The molecule has 3 N–H and O–H groups in total. The number of hydrogen-bond donors (Lipinski definition) is 3. The van der Waals surface area contributed by atoms with Gasteiger partial charge in [0.1, 0.15) is 28.2 Å². The molecule has 2 aliphatic heterocycles. The number of ether oxygens (including phenoxy) is 5. The van der Waals surface area contributed by atoms with E-state index in [4.69, 9.17) is 35.3 Å². The number of amides is 5. The Morgan fingerprint density at radius 1 is 0.609 bits per heavy atom. The lowest BCUT2D eigenvalue weighted by Crippen LogP contribution is -2.48. The fourth-order valence-corrected chi connectivity index (χ4v) is 6.56. The van der Waals surface area contributed by atoms with Crippen molar-refractivity contribution in [1.29, 1.82) is 0 Å². The van der Waals surface area contributed by atoms with Gasteiger partial charge in [-0.05, 0) is 137 Å². The summed E-state index contributed by atoms with van der Waals surface area (Å²) in [6.07, 6.45) is 1.62. The van der Waals surface area contributed by atoms with Crippen molar-refractivity contribution in [3.05, 3.63) is 70.3 Å². The van der Waals surface area contributed by atoms with Gasteiger partial charge in [-0.2, -0.15) is 0 Å².